The maximum Gasteiger partial charge on any atom is 0.0991 e. The second kappa shape index (κ2) is 7.55. The number of hydrogen-bond donors (Lipinski definition) is 2. The number of nitrogens with zero attached hydrogens (tertiary/aromatic N) is 2. The van der Waals surface area contributed by atoms with Crippen LogP contribution >= 0.6 is 0 Å². The number of nitriles is 2. The molecule has 2 N–H and O–H groups in total. The number of rotatable bonds is 6. The molecule has 152 valence electrons. The molecule has 4 nitrogen and oxygen atoms in total. The first-order chi connectivity index (χ1) is 14.6. The maximum absolute atomic E-state index is 9.01. The third-order valence-corrected chi connectivity index (χ3v) is 7.56. The van der Waals surface area contributed by atoms with Gasteiger partial charge in [-0.05, 0) is 85.8 Å². The molecular weight excluding hydrogens is 368 g/mol. The van der Waals surface area contributed by atoms with Crippen LogP contribution < -0.4 is 10.6 Å². The molecule has 0 spiro atoms. The van der Waals surface area contributed by atoms with Gasteiger partial charge in [-0.15, -0.1) is 0 Å². The van der Waals surface area contributed by atoms with Crippen LogP contribution in [-0.2, 0) is 13.1 Å². The van der Waals surface area contributed by atoms with Crippen molar-refractivity contribution in [2.24, 2.45) is 11.8 Å². The highest BCUT2D eigenvalue weighted by Crippen LogP contribution is 2.57. The first-order valence-corrected chi connectivity index (χ1v) is 11.1. The minimum Gasteiger partial charge on any atom is -0.307 e. The van der Waals surface area contributed by atoms with Crippen molar-refractivity contribution in [1.82, 2.24) is 10.6 Å². The van der Waals surface area contributed by atoms with Gasteiger partial charge in [-0.25, -0.2) is 0 Å². The predicted octanol–water partition coefficient (Wildman–Crippen LogP) is 4.40. The number of nitrogens with one attached hydrogen (secondary N) is 2. The third-order valence-electron chi connectivity index (χ3n) is 7.56. The highest BCUT2D eigenvalue weighted by atomic mass is 15.1. The van der Waals surface area contributed by atoms with Gasteiger partial charge in [-0.3, -0.25) is 0 Å². The highest BCUT2D eigenvalue weighted by molar-refractivity contribution is 5.32. The quantitative estimate of drug-likeness (QED) is 0.759. The van der Waals surface area contributed by atoms with E-state index in [9.17, 15) is 0 Å². The zero-order valence-corrected chi connectivity index (χ0v) is 17.3. The summed E-state index contributed by atoms with van der Waals surface area (Å²) in [6, 6.07) is 20.4. The van der Waals surface area contributed by atoms with Gasteiger partial charge in [0.25, 0.3) is 0 Å². The zero-order chi connectivity index (χ0) is 20.6. The Labute approximate surface area is 178 Å². The molecule has 4 bridgehead atoms. The lowest BCUT2D eigenvalue weighted by Crippen LogP contribution is -2.68. The molecule has 0 heterocycles. The molecule has 30 heavy (non-hydrogen) atoms. The second-order valence-electron chi connectivity index (χ2n) is 9.85. The van der Waals surface area contributed by atoms with E-state index >= 15 is 0 Å². The first kappa shape index (κ1) is 19.3. The van der Waals surface area contributed by atoms with E-state index in [2.05, 4.69) is 47.0 Å². The van der Waals surface area contributed by atoms with Crippen LogP contribution in [0.2, 0.25) is 0 Å². The molecule has 6 rings (SSSR count). The first-order valence-electron chi connectivity index (χ1n) is 11.1. The van der Waals surface area contributed by atoms with Crippen LogP contribution in [0.15, 0.2) is 48.5 Å². The second-order valence-corrected chi connectivity index (χ2v) is 9.85. The maximum atomic E-state index is 9.01. The molecular formula is C26H28N4. The van der Waals surface area contributed by atoms with E-state index in [0.29, 0.717) is 0 Å². The number of hydrogen-bond acceptors (Lipinski definition) is 4. The minimum absolute atomic E-state index is 0.232. The van der Waals surface area contributed by atoms with Crippen LogP contribution in [0, 0.1) is 34.5 Å². The van der Waals surface area contributed by atoms with E-state index in [1.807, 2.05) is 24.3 Å². The Morgan fingerprint density at radius 1 is 0.700 bits per heavy atom. The Morgan fingerprint density at radius 3 is 1.47 bits per heavy atom. The summed E-state index contributed by atoms with van der Waals surface area (Å²) in [5.74, 6) is 1.63. The Morgan fingerprint density at radius 2 is 1.10 bits per heavy atom. The third kappa shape index (κ3) is 3.74. The molecule has 0 unspecified atom stereocenters. The fourth-order valence-electron chi connectivity index (χ4n) is 6.65. The molecule has 2 aromatic rings. The minimum atomic E-state index is 0.232. The molecule has 0 aromatic heterocycles. The lowest BCUT2D eigenvalue weighted by atomic mass is 9.50. The highest BCUT2D eigenvalue weighted by Gasteiger charge is 2.57. The van der Waals surface area contributed by atoms with Crippen molar-refractivity contribution in [3.8, 4) is 12.1 Å². The zero-order valence-electron chi connectivity index (χ0n) is 17.3. The van der Waals surface area contributed by atoms with Crippen LogP contribution in [0.25, 0.3) is 0 Å². The summed E-state index contributed by atoms with van der Waals surface area (Å²) in [5.41, 5.74) is 4.42. The summed E-state index contributed by atoms with van der Waals surface area (Å²) in [6.07, 6.45) is 7.75. The van der Waals surface area contributed by atoms with Crippen molar-refractivity contribution in [2.75, 3.05) is 0 Å². The van der Waals surface area contributed by atoms with Crippen LogP contribution in [-0.4, -0.2) is 11.1 Å². The average Bonchev–Trinajstić information content (AvgIpc) is 2.76. The molecule has 4 fully saturated rings. The largest absolute Gasteiger partial charge is 0.307 e. The van der Waals surface area contributed by atoms with Gasteiger partial charge in [0.2, 0.25) is 0 Å². The molecule has 0 radical (unpaired) electrons. The Balaban J connectivity index is 1.27. The molecule has 0 atom stereocenters. The fraction of sp³-hybridized carbons (Fsp3) is 0.462. The van der Waals surface area contributed by atoms with E-state index in [4.69, 9.17) is 10.5 Å². The fourth-order valence-corrected chi connectivity index (χ4v) is 6.65. The van der Waals surface area contributed by atoms with E-state index in [1.165, 1.54) is 49.7 Å². The van der Waals surface area contributed by atoms with Gasteiger partial charge in [-0.1, -0.05) is 24.3 Å². The van der Waals surface area contributed by atoms with Crippen molar-refractivity contribution < 1.29 is 0 Å². The van der Waals surface area contributed by atoms with Crippen molar-refractivity contribution >= 4 is 0 Å². The van der Waals surface area contributed by atoms with E-state index in [-0.39, 0.29) is 11.1 Å². The van der Waals surface area contributed by atoms with E-state index in [0.717, 1.165) is 36.1 Å². The lowest BCUT2D eigenvalue weighted by molar-refractivity contribution is -0.0535. The molecule has 4 heteroatoms. The molecule has 4 saturated carbocycles. The van der Waals surface area contributed by atoms with Crippen LogP contribution in [0.5, 0.6) is 0 Å². The van der Waals surface area contributed by atoms with Gasteiger partial charge in [0.05, 0.1) is 23.3 Å². The number of benzene rings is 2. The molecule has 0 aliphatic heterocycles. The summed E-state index contributed by atoms with van der Waals surface area (Å²) < 4.78 is 0. The molecule has 4 aliphatic rings. The normalized spacial score (nSPS) is 31.3. The van der Waals surface area contributed by atoms with Gasteiger partial charge >= 0.3 is 0 Å². The molecule has 0 amide bonds. The van der Waals surface area contributed by atoms with Crippen LogP contribution in [0.4, 0.5) is 0 Å². The Bertz CT molecular complexity index is 900. The van der Waals surface area contributed by atoms with Gasteiger partial charge in [0.1, 0.15) is 0 Å². The predicted molar refractivity (Wildman–Crippen MR) is 116 cm³/mol. The van der Waals surface area contributed by atoms with E-state index in [1.54, 1.807) is 0 Å². The standard InChI is InChI=1S/C26H28N4/c27-14-19-1-5-21(6-2-19)16-29-25-10-23-9-24(11-25)13-26(12-23,18-25)30-17-22-7-3-20(15-28)4-8-22/h1-8,23-24,29-30H,9-13,16-18H2. The van der Waals surface area contributed by atoms with E-state index < -0.39 is 0 Å². The lowest BCUT2D eigenvalue weighted by Gasteiger charge is -2.62. The monoisotopic (exact) mass is 396 g/mol. The van der Waals surface area contributed by atoms with Crippen molar-refractivity contribution in [3.63, 3.8) is 0 Å². The van der Waals surface area contributed by atoms with Gasteiger partial charge in [0.15, 0.2) is 0 Å². The summed E-state index contributed by atoms with van der Waals surface area (Å²) in [5, 5.41) is 25.9. The average molecular weight is 397 g/mol. The summed E-state index contributed by atoms with van der Waals surface area (Å²) in [7, 11) is 0. The SMILES string of the molecule is N#Cc1ccc(CNC23CC4CC(C2)CC(NCc2ccc(C#N)cc2)(C4)C3)cc1. The Hall–Kier alpha value is -2.66. The molecule has 4 aliphatic carbocycles. The summed E-state index contributed by atoms with van der Waals surface area (Å²) >= 11 is 0. The van der Waals surface area contributed by atoms with Gasteiger partial charge in [-0.2, -0.15) is 10.5 Å². The Kier molecular flexibility index (Phi) is 4.86. The summed E-state index contributed by atoms with van der Waals surface area (Å²) in [4.78, 5) is 0. The van der Waals surface area contributed by atoms with Crippen molar-refractivity contribution in [2.45, 2.75) is 62.7 Å². The topological polar surface area (TPSA) is 71.6 Å². The van der Waals surface area contributed by atoms with Gasteiger partial charge < -0.3 is 10.6 Å². The summed E-state index contributed by atoms with van der Waals surface area (Å²) in [6.45, 7) is 1.74. The van der Waals surface area contributed by atoms with Gasteiger partial charge in [0, 0.05) is 24.2 Å². The molecule has 0 saturated heterocycles. The smallest absolute Gasteiger partial charge is 0.0991 e. The van der Waals surface area contributed by atoms with Crippen LogP contribution in [0.1, 0.15) is 60.8 Å². The molecule has 2 aromatic carbocycles. The van der Waals surface area contributed by atoms with Crippen LogP contribution in [0.3, 0.4) is 0 Å². The van der Waals surface area contributed by atoms with Crippen molar-refractivity contribution in [3.05, 3.63) is 70.8 Å². The van der Waals surface area contributed by atoms with Crippen molar-refractivity contribution in [1.29, 1.82) is 10.5 Å².